The molecule has 166 valence electrons. The number of rotatable bonds is 10. The number of hydrogen-bond donors (Lipinski definition) is 2. The number of carboxylic acid groups (broad SMARTS) is 1. The molecule has 0 aliphatic rings. The van der Waals surface area contributed by atoms with Gasteiger partial charge >= 0.3 is 12.0 Å². The number of nitrogens with zero attached hydrogens (tertiary/aromatic N) is 1. The van der Waals surface area contributed by atoms with Gasteiger partial charge in [0.2, 0.25) is 0 Å². The number of nitrogens with one attached hydrogen (secondary N) is 1. The maximum absolute atomic E-state index is 12.9. The second-order valence-electron chi connectivity index (χ2n) is 7.46. The Morgan fingerprint density at radius 3 is 2.31 bits per heavy atom. The number of aliphatic carboxylic acids is 1. The first-order chi connectivity index (χ1) is 15.5. The fourth-order valence-electron chi connectivity index (χ4n) is 3.26. The van der Waals surface area contributed by atoms with Crippen molar-refractivity contribution in [2.24, 2.45) is 0 Å². The number of benzene rings is 3. The molecule has 0 radical (unpaired) electrons. The van der Waals surface area contributed by atoms with Gasteiger partial charge in [-0.05, 0) is 53.9 Å². The van der Waals surface area contributed by atoms with Gasteiger partial charge in [0.1, 0.15) is 0 Å². The Kier molecular flexibility index (Phi) is 8.75. The second-order valence-corrected chi connectivity index (χ2v) is 8.61. The van der Waals surface area contributed by atoms with Crippen molar-refractivity contribution in [1.29, 1.82) is 0 Å². The molecular weight excluding hydrogens is 420 g/mol. The zero-order valence-electron chi connectivity index (χ0n) is 18.2. The zero-order valence-corrected chi connectivity index (χ0v) is 19.0. The van der Waals surface area contributed by atoms with Gasteiger partial charge in [-0.25, -0.2) is 4.79 Å². The molecule has 0 saturated carbocycles. The maximum Gasteiger partial charge on any atom is 0.322 e. The number of amides is 2. The van der Waals surface area contributed by atoms with Crippen LogP contribution in [0, 0.1) is 0 Å². The lowest BCUT2D eigenvalue weighted by Crippen LogP contribution is -2.40. The van der Waals surface area contributed by atoms with Crippen molar-refractivity contribution in [2.45, 2.75) is 42.5 Å². The van der Waals surface area contributed by atoms with Crippen LogP contribution in [0.1, 0.15) is 30.9 Å². The zero-order chi connectivity index (χ0) is 22.8. The van der Waals surface area contributed by atoms with E-state index in [4.69, 9.17) is 5.11 Å². The molecule has 2 amide bonds. The molecule has 0 fully saturated rings. The van der Waals surface area contributed by atoms with Crippen LogP contribution >= 0.6 is 11.8 Å². The van der Waals surface area contributed by atoms with Gasteiger partial charge in [-0.15, -0.1) is 0 Å². The summed E-state index contributed by atoms with van der Waals surface area (Å²) in [6, 6.07) is 25.2. The van der Waals surface area contributed by atoms with E-state index in [-0.39, 0.29) is 12.5 Å². The van der Waals surface area contributed by atoms with E-state index in [1.54, 1.807) is 16.7 Å². The molecular formula is C26H28N2O3S. The monoisotopic (exact) mass is 448 g/mol. The van der Waals surface area contributed by atoms with Gasteiger partial charge in [0, 0.05) is 28.6 Å². The van der Waals surface area contributed by atoms with Gasteiger partial charge in [-0.1, -0.05) is 67.6 Å². The molecule has 0 aromatic heterocycles. The molecule has 0 atom stereocenters. The summed E-state index contributed by atoms with van der Waals surface area (Å²) in [6.07, 6.45) is 1.94. The number of carbonyl (C=O) groups excluding carboxylic acids is 1. The minimum atomic E-state index is -0.839. The lowest BCUT2D eigenvalue weighted by molar-refractivity contribution is -0.136. The summed E-state index contributed by atoms with van der Waals surface area (Å²) >= 11 is 1.57. The molecule has 2 N–H and O–H groups in total. The van der Waals surface area contributed by atoms with Crippen molar-refractivity contribution >= 4 is 29.4 Å². The number of urea groups is 1. The topological polar surface area (TPSA) is 69.6 Å². The van der Waals surface area contributed by atoms with Crippen molar-refractivity contribution < 1.29 is 14.7 Å². The van der Waals surface area contributed by atoms with E-state index < -0.39 is 5.97 Å². The molecule has 0 spiro atoms. The average Bonchev–Trinajstić information content (AvgIpc) is 2.79. The maximum atomic E-state index is 12.9. The van der Waals surface area contributed by atoms with Gasteiger partial charge in [-0.3, -0.25) is 9.69 Å². The molecule has 6 heteroatoms. The van der Waals surface area contributed by atoms with Crippen LogP contribution in [0.4, 0.5) is 10.5 Å². The van der Waals surface area contributed by atoms with E-state index in [9.17, 15) is 9.59 Å². The van der Waals surface area contributed by atoms with Crippen molar-refractivity contribution in [2.75, 3.05) is 11.4 Å². The summed E-state index contributed by atoms with van der Waals surface area (Å²) < 4.78 is 0. The highest BCUT2D eigenvalue weighted by Crippen LogP contribution is 2.30. The fraction of sp³-hybridized carbons (Fsp3) is 0.231. The van der Waals surface area contributed by atoms with Crippen molar-refractivity contribution in [3.8, 4) is 0 Å². The van der Waals surface area contributed by atoms with Crippen LogP contribution in [0.5, 0.6) is 0 Å². The molecule has 0 heterocycles. The molecule has 3 aromatic carbocycles. The number of unbranched alkanes of at least 4 members (excludes halogenated alkanes) is 1. The Morgan fingerprint density at radius 1 is 0.906 bits per heavy atom. The predicted octanol–water partition coefficient (Wildman–Crippen LogP) is 5.98. The Balaban J connectivity index is 1.67. The molecule has 3 rings (SSSR count). The highest BCUT2D eigenvalue weighted by atomic mass is 32.2. The van der Waals surface area contributed by atoms with Crippen LogP contribution in [-0.4, -0.2) is 23.7 Å². The van der Waals surface area contributed by atoms with E-state index in [1.807, 2.05) is 78.9 Å². The summed E-state index contributed by atoms with van der Waals surface area (Å²) in [5, 5.41) is 12.0. The Morgan fingerprint density at radius 2 is 1.62 bits per heavy atom. The smallest absolute Gasteiger partial charge is 0.322 e. The summed E-state index contributed by atoms with van der Waals surface area (Å²) in [5.41, 5.74) is 2.70. The molecule has 0 unspecified atom stereocenters. The summed E-state index contributed by atoms with van der Waals surface area (Å²) in [5.74, 6) is -0.839. The number of hydrogen-bond acceptors (Lipinski definition) is 3. The molecule has 32 heavy (non-hydrogen) atoms. The van der Waals surface area contributed by atoms with E-state index >= 15 is 0 Å². The highest BCUT2D eigenvalue weighted by molar-refractivity contribution is 7.99. The van der Waals surface area contributed by atoms with Gasteiger partial charge in [0.15, 0.2) is 0 Å². The first kappa shape index (κ1) is 23.4. The van der Waals surface area contributed by atoms with Gasteiger partial charge in [0.25, 0.3) is 0 Å². The van der Waals surface area contributed by atoms with Crippen LogP contribution in [0.25, 0.3) is 0 Å². The summed E-state index contributed by atoms with van der Waals surface area (Å²) in [7, 11) is 0. The molecule has 5 nitrogen and oxygen atoms in total. The molecule has 0 saturated heterocycles. The normalized spacial score (nSPS) is 10.5. The molecule has 3 aromatic rings. The average molecular weight is 449 g/mol. The van der Waals surface area contributed by atoms with E-state index in [1.165, 1.54) is 0 Å². The quantitative estimate of drug-likeness (QED) is 0.400. The third-order valence-electron chi connectivity index (χ3n) is 4.90. The van der Waals surface area contributed by atoms with Gasteiger partial charge in [-0.2, -0.15) is 0 Å². The largest absolute Gasteiger partial charge is 0.481 e. The number of carboxylic acids is 1. The Bertz CT molecular complexity index is 1020. The van der Waals surface area contributed by atoms with Crippen LogP contribution in [0.2, 0.25) is 0 Å². The number of carbonyl (C=O) groups is 2. The SMILES string of the molecule is CCCCN(C(=O)NCc1ccccc1)c1ccc(Sc2cccc(CC(=O)O)c2)cc1. The lowest BCUT2D eigenvalue weighted by atomic mass is 10.2. The molecule has 0 bridgehead atoms. The third-order valence-corrected chi connectivity index (χ3v) is 5.90. The van der Waals surface area contributed by atoms with Crippen LogP contribution in [-0.2, 0) is 17.8 Å². The van der Waals surface area contributed by atoms with Crippen molar-refractivity contribution in [3.05, 3.63) is 90.0 Å². The number of anilines is 1. The molecule has 0 aliphatic carbocycles. The second kappa shape index (κ2) is 12.0. The molecule has 0 aliphatic heterocycles. The van der Waals surface area contributed by atoms with E-state index in [0.29, 0.717) is 13.1 Å². The van der Waals surface area contributed by atoms with Crippen LogP contribution in [0.15, 0.2) is 88.7 Å². The van der Waals surface area contributed by atoms with Gasteiger partial charge in [0.05, 0.1) is 6.42 Å². The lowest BCUT2D eigenvalue weighted by Gasteiger charge is -2.23. The van der Waals surface area contributed by atoms with Gasteiger partial charge < -0.3 is 10.4 Å². The first-order valence-electron chi connectivity index (χ1n) is 10.7. The Labute approximate surface area is 193 Å². The Hall–Kier alpha value is -3.25. The van der Waals surface area contributed by atoms with Crippen molar-refractivity contribution in [3.63, 3.8) is 0 Å². The third kappa shape index (κ3) is 7.17. The first-order valence-corrected chi connectivity index (χ1v) is 11.5. The predicted molar refractivity (Wildman–Crippen MR) is 129 cm³/mol. The minimum absolute atomic E-state index is 0.0117. The van der Waals surface area contributed by atoms with E-state index in [0.717, 1.165) is 39.4 Å². The summed E-state index contributed by atoms with van der Waals surface area (Å²) in [6.45, 7) is 3.25. The fourth-order valence-corrected chi connectivity index (χ4v) is 4.16. The minimum Gasteiger partial charge on any atom is -0.481 e. The van der Waals surface area contributed by atoms with Crippen LogP contribution < -0.4 is 10.2 Å². The highest BCUT2D eigenvalue weighted by Gasteiger charge is 2.15. The standard InChI is InChI=1S/C26H28N2O3S/c1-2-3-16-28(26(31)27-19-20-8-5-4-6-9-20)22-12-14-23(15-13-22)32-24-11-7-10-21(17-24)18-25(29)30/h4-15,17H,2-3,16,18-19H2,1H3,(H,27,31)(H,29,30). The van der Waals surface area contributed by atoms with Crippen LogP contribution in [0.3, 0.4) is 0 Å². The van der Waals surface area contributed by atoms with E-state index in [2.05, 4.69) is 12.2 Å². The van der Waals surface area contributed by atoms with Crippen molar-refractivity contribution in [1.82, 2.24) is 5.32 Å². The summed E-state index contributed by atoms with van der Waals surface area (Å²) in [4.78, 5) is 27.6.